The van der Waals surface area contributed by atoms with Gasteiger partial charge in [-0.25, -0.2) is 9.97 Å². The molecule has 1 N–H and O–H groups in total. The van der Waals surface area contributed by atoms with Crippen molar-refractivity contribution in [1.29, 1.82) is 0 Å². The predicted molar refractivity (Wildman–Crippen MR) is 128 cm³/mol. The molecule has 1 saturated heterocycles. The number of piperazine rings is 1. The van der Waals surface area contributed by atoms with Crippen molar-refractivity contribution < 1.29 is 9.59 Å². The van der Waals surface area contributed by atoms with Crippen LogP contribution in [0.1, 0.15) is 54.9 Å². The van der Waals surface area contributed by atoms with E-state index in [4.69, 9.17) is 11.6 Å². The fraction of sp³-hybridized carbons (Fsp3) is 0.727. The van der Waals surface area contributed by atoms with Gasteiger partial charge >= 0.3 is 0 Å². The molecule has 1 aromatic heterocycles. The lowest BCUT2D eigenvalue weighted by molar-refractivity contribution is -0.135. The van der Waals surface area contributed by atoms with Gasteiger partial charge in [0.2, 0.25) is 11.8 Å². The summed E-state index contributed by atoms with van der Waals surface area (Å²) in [6.45, 7) is 16.5. The lowest BCUT2D eigenvalue weighted by atomic mass is 9.91. The smallest absolute Gasteiger partial charge is 0.230 e. The molecule has 174 valence electrons. The SMILES string of the molecule is CC(C)C(C)NC(=O)CSc1nc(Cl)cc(N2CCN(C(=O)CC(C)(C)C)C(C)C2)n1. The summed E-state index contributed by atoms with van der Waals surface area (Å²) in [7, 11) is 0. The minimum Gasteiger partial charge on any atom is -0.353 e. The number of halogens is 1. The first kappa shape index (κ1) is 25.7. The van der Waals surface area contributed by atoms with Crippen molar-refractivity contribution in [2.24, 2.45) is 11.3 Å². The number of carbonyl (C=O) groups is 2. The van der Waals surface area contributed by atoms with Gasteiger partial charge in [0.15, 0.2) is 5.16 Å². The zero-order chi connectivity index (χ0) is 23.3. The number of hydrogen-bond donors (Lipinski definition) is 1. The summed E-state index contributed by atoms with van der Waals surface area (Å²) < 4.78 is 0. The normalized spacial score (nSPS) is 18.3. The quantitative estimate of drug-likeness (QED) is 0.371. The summed E-state index contributed by atoms with van der Waals surface area (Å²) >= 11 is 7.52. The van der Waals surface area contributed by atoms with Gasteiger partial charge in [0.1, 0.15) is 11.0 Å². The number of rotatable bonds is 7. The van der Waals surface area contributed by atoms with Crippen LogP contribution in [0.4, 0.5) is 5.82 Å². The molecule has 0 spiro atoms. The minimum absolute atomic E-state index is 0.0283. The van der Waals surface area contributed by atoms with E-state index in [9.17, 15) is 9.59 Å². The molecule has 2 unspecified atom stereocenters. The number of amides is 2. The van der Waals surface area contributed by atoms with Crippen molar-refractivity contribution in [3.8, 4) is 0 Å². The van der Waals surface area contributed by atoms with E-state index in [1.807, 2.05) is 11.8 Å². The van der Waals surface area contributed by atoms with Crippen LogP contribution < -0.4 is 10.2 Å². The molecule has 0 saturated carbocycles. The van der Waals surface area contributed by atoms with Crippen LogP contribution in [0.5, 0.6) is 0 Å². The highest BCUT2D eigenvalue weighted by Gasteiger charge is 2.30. The number of thioether (sulfide) groups is 1. The van der Waals surface area contributed by atoms with Crippen molar-refractivity contribution in [3.63, 3.8) is 0 Å². The first-order chi connectivity index (χ1) is 14.4. The Bertz CT molecular complexity index is 784. The third-order valence-corrected chi connectivity index (χ3v) is 6.38. The van der Waals surface area contributed by atoms with E-state index in [1.165, 1.54) is 11.8 Å². The summed E-state index contributed by atoms with van der Waals surface area (Å²) in [5, 5.41) is 3.81. The number of anilines is 1. The Morgan fingerprint density at radius 3 is 2.52 bits per heavy atom. The molecule has 2 amide bonds. The fourth-order valence-corrected chi connectivity index (χ4v) is 4.19. The maximum atomic E-state index is 12.7. The van der Waals surface area contributed by atoms with Crippen LogP contribution in [0.15, 0.2) is 11.2 Å². The third kappa shape index (κ3) is 8.15. The molecule has 7 nitrogen and oxygen atoms in total. The van der Waals surface area contributed by atoms with E-state index in [0.29, 0.717) is 42.3 Å². The van der Waals surface area contributed by atoms with Crippen LogP contribution in [0.3, 0.4) is 0 Å². The molecule has 2 heterocycles. The molecular weight excluding hydrogens is 434 g/mol. The van der Waals surface area contributed by atoms with Crippen molar-refractivity contribution in [1.82, 2.24) is 20.2 Å². The zero-order valence-corrected chi connectivity index (χ0v) is 21.3. The molecule has 0 radical (unpaired) electrons. The van der Waals surface area contributed by atoms with Gasteiger partial charge in [-0.2, -0.15) is 0 Å². The molecule has 0 aromatic carbocycles. The second-order valence-electron chi connectivity index (χ2n) is 9.84. The van der Waals surface area contributed by atoms with Gasteiger partial charge in [-0.3, -0.25) is 9.59 Å². The van der Waals surface area contributed by atoms with E-state index in [1.54, 1.807) is 6.07 Å². The lowest BCUT2D eigenvalue weighted by Crippen LogP contribution is -2.54. The second-order valence-corrected chi connectivity index (χ2v) is 11.2. The maximum absolute atomic E-state index is 12.7. The monoisotopic (exact) mass is 469 g/mol. The Morgan fingerprint density at radius 2 is 1.94 bits per heavy atom. The highest BCUT2D eigenvalue weighted by Crippen LogP contribution is 2.26. The lowest BCUT2D eigenvalue weighted by Gasteiger charge is -2.41. The summed E-state index contributed by atoms with van der Waals surface area (Å²) in [6.07, 6.45) is 0.537. The Morgan fingerprint density at radius 1 is 1.26 bits per heavy atom. The Kier molecular flexibility index (Phi) is 9.01. The van der Waals surface area contributed by atoms with Crippen LogP contribution in [0.2, 0.25) is 5.15 Å². The Labute approximate surface area is 195 Å². The number of aromatic nitrogens is 2. The van der Waals surface area contributed by atoms with Gasteiger partial charge in [0.05, 0.1) is 5.75 Å². The van der Waals surface area contributed by atoms with Crippen LogP contribution in [-0.2, 0) is 9.59 Å². The molecule has 1 fully saturated rings. The van der Waals surface area contributed by atoms with E-state index in [2.05, 4.69) is 61.7 Å². The predicted octanol–water partition coefficient (Wildman–Crippen LogP) is 3.86. The molecule has 1 aliphatic rings. The zero-order valence-electron chi connectivity index (χ0n) is 19.7. The molecule has 2 rings (SSSR count). The van der Waals surface area contributed by atoms with Crippen molar-refractivity contribution in [2.75, 3.05) is 30.3 Å². The minimum atomic E-state index is -0.0454. The molecule has 1 aliphatic heterocycles. The first-order valence-electron chi connectivity index (χ1n) is 10.9. The fourth-order valence-electron chi connectivity index (χ4n) is 3.30. The highest BCUT2D eigenvalue weighted by atomic mass is 35.5. The largest absolute Gasteiger partial charge is 0.353 e. The van der Waals surface area contributed by atoms with Crippen molar-refractivity contribution in [3.05, 3.63) is 11.2 Å². The second kappa shape index (κ2) is 10.9. The molecule has 2 atom stereocenters. The van der Waals surface area contributed by atoms with Crippen molar-refractivity contribution in [2.45, 2.75) is 72.1 Å². The van der Waals surface area contributed by atoms with Gasteiger partial charge in [-0.15, -0.1) is 0 Å². The summed E-state index contributed by atoms with van der Waals surface area (Å²) in [5.74, 6) is 1.49. The third-order valence-electron chi connectivity index (χ3n) is 5.34. The Hall–Kier alpha value is -1.54. The van der Waals surface area contributed by atoms with Gasteiger partial charge in [-0.1, -0.05) is 58.0 Å². The topological polar surface area (TPSA) is 78.4 Å². The number of nitrogens with zero attached hydrogens (tertiary/aromatic N) is 4. The molecule has 31 heavy (non-hydrogen) atoms. The van der Waals surface area contributed by atoms with Crippen LogP contribution >= 0.6 is 23.4 Å². The van der Waals surface area contributed by atoms with Gasteiger partial charge in [-0.05, 0) is 25.2 Å². The van der Waals surface area contributed by atoms with Crippen molar-refractivity contribution >= 4 is 41.0 Å². The molecule has 9 heteroatoms. The van der Waals surface area contributed by atoms with Gasteiger partial charge in [0, 0.05) is 44.2 Å². The molecule has 0 aliphatic carbocycles. The van der Waals surface area contributed by atoms with E-state index >= 15 is 0 Å². The maximum Gasteiger partial charge on any atom is 0.230 e. The summed E-state index contributed by atoms with van der Waals surface area (Å²) in [4.78, 5) is 37.8. The van der Waals surface area contributed by atoms with Gasteiger partial charge in [0.25, 0.3) is 0 Å². The average molecular weight is 470 g/mol. The number of carbonyl (C=O) groups excluding carboxylic acids is 2. The van der Waals surface area contributed by atoms with E-state index in [-0.39, 0.29) is 35.1 Å². The summed E-state index contributed by atoms with van der Waals surface area (Å²) in [5.41, 5.74) is -0.0283. The van der Waals surface area contributed by atoms with E-state index in [0.717, 1.165) is 5.82 Å². The van der Waals surface area contributed by atoms with Gasteiger partial charge < -0.3 is 15.1 Å². The molecule has 0 bridgehead atoms. The molecule has 1 aromatic rings. The van der Waals surface area contributed by atoms with Crippen LogP contribution in [0.25, 0.3) is 0 Å². The van der Waals surface area contributed by atoms with Crippen LogP contribution in [-0.4, -0.2) is 64.2 Å². The first-order valence-corrected chi connectivity index (χ1v) is 12.2. The number of hydrogen-bond acceptors (Lipinski definition) is 6. The number of nitrogens with one attached hydrogen (secondary N) is 1. The summed E-state index contributed by atoms with van der Waals surface area (Å²) in [6, 6.07) is 1.94. The molecular formula is C22H36ClN5O2S. The van der Waals surface area contributed by atoms with E-state index < -0.39 is 0 Å². The standard InChI is InChI=1S/C22H36ClN5O2S/c1-14(2)16(4)24-19(29)13-31-21-25-17(23)10-18(26-21)27-8-9-28(15(3)12-27)20(30)11-22(5,6)7/h10,14-16H,8-9,11-13H2,1-7H3,(H,24,29). The average Bonchev–Trinajstić information content (AvgIpc) is 2.64. The Balaban J connectivity index is 1.99. The van der Waals surface area contributed by atoms with Crippen LogP contribution in [0, 0.1) is 11.3 Å². The highest BCUT2D eigenvalue weighted by molar-refractivity contribution is 7.99.